The highest BCUT2D eigenvalue weighted by Crippen LogP contribution is 2.33. The van der Waals surface area contributed by atoms with Crippen molar-refractivity contribution < 1.29 is 9.18 Å². The lowest BCUT2D eigenvalue weighted by Gasteiger charge is -2.05. The van der Waals surface area contributed by atoms with E-state index in [1.54, 1.807) is 37.5 Å². The molecule has 0 radical (unpaired) electrons. The largest absolute Gasteiger partial charge is 0.397 e. The van der Waals surface area contributed by atoms with Crippen LogP contribution in [0.25, 0.3) is 10.1 Å². The number of hydrogen-bond donors (Lipinski definition) is 2. The molecule has 3 rings (SSSR count). The number of aryl methyl sites for hydroxylation is 1. The van der Waals surface area contributed by atoms with Crippen LogP contribution in [0.2, 0.25) is 0 Å². The second kappa shape index (κ2) is 5.14. The second-order valence-corrected chi connectivity index (χ2v) is 5.69. The van der Waals surface area contributed by atoms with Gasteiger partial charge in [-0.3, -0.25) is 9.78 Å². The van der Waals surface area contributed by atoms with E-state index in [1.807, 2.05) is 0 Å². The summed E-state index contributed by atoms with van der Waals surface area (Å²) in [6.45, 7) is 1.66. The molecule has 1 aromatic carbocycles. The number of carbonyl (C=O) groups is 1. The first-order valence-electron chi connectivity index (χ1n) is 6.26. The van der Waals surface area contributed by atoms with Crippen molar-refractivity contribution in [2.75, 3.05) is 11.1 Å². The Labute approximate surface area is 124 Å². The summed E-state index contributed by atoms with van der Waals surface area (Å²) < 4.78 is 14.3. The molecule has 2 aromatic heterocycles. The standard InChI is InChI=1S/C15H12FN3OS/c1-8-2-3-9(6-11(8)16)19-15(20)14-13(17)10-4-5-18-7-12(10)21-14/h2-7H,17H2,1H3,(H,19,20). The van der Waals surface area contributed by atoms with Crippen LogP contribution in [0.4, 0.5) is 15.8 Å². The zero-order chi connectivity index (χ0) is 15.0. The molecule has 4 nitrogen and oxygen atoms in total. The number of carbonyl (C=O) groups excluding carboxylic acids is 1. The normalized spacial score (nSPS) is 10.8. The molecule has 0 aliphatic rings. The van der Waals surface area contributed by atoms with Gasteiger partial charge in [-0.15, -0.1) is 11.3 Å². The lowest BCUT2D eigenvalue weighted by molar-refractivity contribution is 0.103. The Balaban J connectivity index is 1.93. The van der Waals surface area contributed by atoms with Crippen LogP contribution in [0.15, 0.2) is 36.7 Å². The summed E-state index contributed by atoms with van der Waals surface area (Å²) >= 11 is 1.27. The van der Waals surface area contributed by atoms with E-state index >= 15 is 0 Å². The van der Waals surface area contributed by atoms with Crippen molar-refractivity contribution in [2.24, 2.45) is 0 Å². The zero-order valence-electron chi connectivity index (χ0n) is 11.2. The number of fused-ring (bicyclic) bond motifs is 1. The molecular formula is C15H12FN3OS. The number of aromatic nitrogens is 1. The second-order valence-electron chi connectivity index (χ2n) is 4.63. The van der Waals surface area contributed by atoms with Crippen LogP contribution in [-0.4, -0.2) is 10.9 Å². The predicted molar refractivity (Wildman–Crippen MR) is 83.1 cm³/mol. The smallest absolute Gasteiger partial charge is 0.267 e. The summed E-state index contributed by atoms with van der Waals surface area (Å²) in [4.78, 5) is 16.7. The van der Waals surface area contributed by atoms with Crippen LogP contribution in [0, 0.1) is 12.7 Å². The number of rotatable bonds is 2. The summed E-state index contributed by atoms with van der Waals surface area (Å²) in [6.07, 6.45) is 3.29. The molecule has 3 N–H and O–H groups in total. The Bertz CT molecular complexity index is 844. The highest BCUT2D eigenvalue weighted by molar-refractivity contribution is 7.21. The number of pyridine rings is 1. The van der Waals surface area contributed by atoms with Gasteiger partial charge in [-0.25, -0.2) is 4.39 Å². The molecule has 0 aliphatic carbocycles. The van der Waals surface area contributed by atoms with E-state index in [0.717, 1.165) is 10.1 Å². The number of nitrogens with one attached hydrogen (secondary N) is 1. The van der Waals surface area contributed by atoms with Crippen LogP contribution >= 0.6 is 11.3 Å². The van der Waals surface area contributed by atoms with Gasteiger partial charge in [-0.2, -0.15) is 0 Å². The lowest BCUT2D eigenvalue weighted by Crippen LogP contribution is -2.12. The molecule has 0 bridgehead atoms. The zero-order valence-corrected chi connectivity index (χ0v) is 12.0. The summed E-state index contributed by atoms with van der Waals surface area (Å²) in [6, 6.07) is 6.33. The Hall–Kier alpha value is -2.47. The molecule has 0 saturated carbocycles. The number of nitrogens with zero attached hydrogens (tertiary/aromatic N) is 1. The lowest BCUT2D eigenvalue weighted by atomic mass is 10.2. The number of anilines is 2. The maximum Gasteiger partial charge on any atom is 0.267 e. The van der Waals surface area contributed by atoms with Crippen molar-refractivity contribution in [1.82, 2.24) is 4.98 Å². The fraction of sp³-hybridized carbons (Fsp3) is 0.0667. The molecular weight excluding hydrogens is 289 g/mol. The van der Waals surface area contributed by atoms with Crippen molar-refractivity contribution in [3.05, 3.63) is 52.9 Å². The minimum absolute atomic E-state index is 0.350. The van der Waals surface area contributed by atoms with Gasteiger partial charge in [0.2, 0.25) is 0 Å². The van der Waals surface area contributed by atoms with Crippen molar-refractivity contribution in [3.8, 4) is 0 Å². The van der Waals surface area contributed by atoms with Crippen LogP contribution in [0.1, 0.15) is 15.2 Å². The molecule has 0 atom stereocenters. The van der Waals surface area contributed by atoms with Crippen molar-refractivity contribution >= 4 is 38.7 Å². The van der Waals surface area contributed by atoms with Crippen molar-refractivity contribution in [1.29, 1.82) is 0 Å². The monoisotopic (exact) mass is 301 g/mol. The molecule has 0 aliphatic heterocycles. The van der Waals surface area contributed by atoms with E-state index in [-0.39, 0.29) is 11.7 Å². The molecule has 106 valence electrons. The van der Waals surface area contributed by atoms with Crippen LogP contribution < -0.4 is 11.1 Å². The number of nitrogens with two attached hydrogens (primary N) is 1. The first-order chi connectivity index (χ1) is 10.1. The van der Waals surface area contributed by atoms with Gasteiger partial charge in [0.15, 0.2) is 0 Å². The molecule has 0 saturated heterocycles. The summed E-state index contributed by atoms with van der Waals surface area (Å²) in [7, 11) is 0. The first-order valence-corrected chi connectivity index (χ1v) is 7.07. The topological polar surface area (TPSA) is 68.0 Å². The molecule has 0 unspecified atom stereocenters. The quantitative estimate of drug-likeness (QED) is 0.760. The average molecular weight is 301 g/mol. The fourth-order valence-corrected chi connectivity index (χ4v) is 2.98. The molecule has 0 fully saturated rings. The van der Waals surface area contributed by atoms with E-state index in [0.29, 0.717) is 21.8 Å². The van der Waals surface area contributed by atoms with Gasteiger partial charge < -0.3 is 11.1 Å². The summed E-state index contributed by atoms with van der Waals surface area (Å²) in [5.74, 6) is -0.710. The third-order valence-electron chi connectivity index (χ3n) is 3.17. The molecule has 0 spiro atoms. The van der Waals surface area contributed by atoms with Crippen molar-refractivity contribution in [2.45, 2.75) is 6.92 Å². The Kier molecular flexibility index (Phi) is 3.31. The van der Waals surface area contributed by atoms with Gasteiger partial charge >= 0.3 is 0 Å². The molecule has 1 amide bonds. The van der Waals surface area contributed by atoms with E-state index in [4.69, 9.17) is 5.73 Å². The van der Waals surface area contributed by atoms with Crippen LogP contribution in [0.5, 0.6) is 0 Å². The van der Waals surface area contributed by atoms with E-state index in [2.05, 4.69) is 10.3 Å². The summed E-state index contributed by atoms with van der Waals surface area (Å²) in [5, 5.41) is 3.46. The minimum Gasteiger partial charge on any atom is -0.397 e. The molecule has 3 aromatic rings. The number of nitrogen functional groups attached to an aromatic ring is 1. The highest BCUT2D eigenvalue weighted by atomic mass is 32.1. The van der Waals surface area contributed by atoms with Gasteiger partial charge in [-0.05, 0) is 30.7 Å². The van der Waals surface area contributed by atoms with Gasteiger partial charge in [0, 0.05) is 23.5 Å². The Morgan fingerprint density at radius 1 is 1.38 bits per heavy atom. The van der Waals surface area contributed by atoms with Gasteiger partial charge in [0.05, 0.1) is 10.4 Å². The van der Waals surface area contributed by atoms with Crippen LogP contribution in [-0.2, 0) is 0 Å². The van der Waals surface area contributed by atoms with Gasteiger partial charge in [0.1, 0.15) is 10.7 Å². The predicted octanol–water partition coefficient (Wildman–Crippen LogP) is 3.58. The van der Waals surface area contributed by atoms with E-state index in [1.165, 1.54) is 17.4 Å². The maximum absolute atomic E-state index is 13.5. The first kappa shape index (κ1) is 13.5. The molecule has 2 heterocycles. The molecule has 6 heteroatoms. The number of amides is 1. The Morgan fingerprint density at radius 2 is 2.19 bits per heavy atom. The SMILES string of the molecule is Cc1ccc(NC(=O)c2sc3cnccc3c2N)cc1F. The number of thiophene rings is 1. The number of hydrogen-bond acceptors (Lipinski definition) is 4. The fourth-order valence-electron chi connectivity index (χ4n) is 2.00. The van der Waals surface area contributed by atoms with Crippen molar-refractivity contribution in [3.63, 3.8) is 0 Å². The highest BCUT2D eigenvalue weighted by Gasteiger charge is 2.16. The summed E-state index contributed by atoms with van der Waals surface area (Å²) in [5.41, 5.74) is 7.34. The minimum atomic E-state index is -0.360. The van der Waals surface area contributed by atoms with Gasteiger partial charge in [0.25, 0.3) is 5.91 Å². The Morgan fingerprint density at radius 3 is 2.90 bits per heavy atom. The number of halogens is 1. The number of benzene rings is 1. The van der Waals surface area contributed by atoms with Crippen LogP contribution in [0.3, 0.4) is 0 Å². The van der Waals surface area contributed by atoms with E-state index < -0.39 is 0 Å². The van der Waals surface area contributed by atoms with E-state index in [9.17, 15) is 9.18 Å². The third-order valence-corrected chi connectivity index (χ3v) is 4.32. The average Bonchev–Trinajstić information content (AvgIpc) is 2.81. The third kappa shape index (κ3) is 2.45. The molecule has 21 heavy (non-hydrogen) atoms. The van der Waals surface area contributed by atoms with Gasteiger partial charge in [-0.1, -0.05) is 6.07 Å². The maximum atomic E-state index is 13.5.